The van der Waals surface area contributed by atoms with E-state index >= 15 is 0 Å². The Bertz CT molecular complexity index is 1140. The molecule has 0 aliphatic rings. The minimum Gasteiger partial charge on any atom is -0.468 e. The predicted octanol–water partition coefficient (Wildman–Crippen LogP) is 2.73. The molecule has 9 nitrogen and oxygen atoms in total. The number of benzene rings is 1. The van der Waals surface area contributed by atoms with E-state index in [0.717, 1.165) is 28.5 Å². The highest BCUT2D eigenvalue weighted by Gasteiger charge is 2.22. The van der Waals surface area contributed by atoms with E-state index in [2.05, 4.69) is 10.1 Å². The van der Waals surface area contributed by atoms with E-state index < -0.39 is 47.3 Å². The number of hydrogen-bond acceptors (Lipinski definition) is 6. The molecule has 1 amide bonds. The van der Waals surface area contributed by atoms with Gasteiger partial charge in [0.05, 0.1) is 23.7 Å². The Hall–Kier alpha value is -3.14. The molecule has 1 heterocycles. The second kappa shape index (κ2) is 9.99. The molecular weight excluding hydrogens is 445 g/mol. The van der Waals surface area contributed by atoms with E-state index in [9.17, 15) is 23.6 Å². The summed E-state index contributed by atoms with van der Waals surface area (Å²) in [4.78, 5) is 49.9. The van der Waals surface area contributed by atoms with Gasteiger partial charge >= 0.3 is 17.8 Å². The molecule has 1 aromatic heterocycles. The summed E-state index contributed by atoms with van der Waals surface area (Å²) in [5.74, 6) is -1.48. The van der Waals surface area contributed by atoms with Gasteiger partial charge in [0.25, 0.3) is 5.56 Å². The molecule has 1 unspecified atom stereocenters. The van der Waals surface area contributed by atoms with Crippen LogP contribution in [0.2, 0.25) is 5.02 Å². The number of aromatic nitrogens is 2. The molecule has 2 aromatic rings. The highest BCUT2D eigenvalue weighted by atomic mass is 35.5. The Labute approximate surface area is 188 Å². The van der Waals surface area contributed by atoms with Crippen LogP contribution in [0.1, 0.15) is 33.7 Å². The van der Waals surface area contributed by atoms with Crippen LogP contribution in [-0.4, -0.2) is 40.5 Å². The van der Waals surface area contributed by atoms with Gasteiger partial charge in [-0.3, -0.25) is 18.7 Å². The number of esters is 1. The van der Waals surface area contributed by atoms with E-state index in [1.54, 1.807) is 20.8 Å². The summed E-state index contributed by atoms with van der Waals surface area (Å²) < 4.78 is 25.6. The first-order valence-electron chi connectivity index (χ1n) is 9.69. The molecule has 32 heavy (non-hydrogen) atoms. The van der Waals surface area contributed by atoms with Gasteiger partial charge in [-0.15, -0.1) is 0 Å². The van der Waals surface area contributed by atoms with Crippen molar-refractivity contribution in [3.8, 4) is 11.1 Å². The number of nitrogens with one attached hydrogen (secondary N) is 1. The third kappa shape index (κ3) is 5.97. The average Bonchev–Trinajstić information content (AvgIpc) is 2.69. The van der Waals surface area contributed by atoms with Gasteiger partial charge in [-0.2, -0.15) is 0 Å². The van der Waals surface area contributed by atoms with E-state index in [-0.39, 0.29) is 22.7 Å². The fourth-order valence-electron chi connectivity index (χ4n) is 2.86. The molecule has 0 aliphatic carbocycles. The summed E-state index contributed by atoms with van der Waals surface area (Å²) in [5.41, 5.74) is -2.35. The largest absolute Gasteiger partial charge is 0.468 e. The van der Waals surface area contributed by atoms with Crippen molar-refractivity contribution in [3.63, 3.8) is 0 Å². The average molecular weight is 470 g/mol. The van der Waals surface area contributed by atoms with Crippen molar-refractivity contribution in [2.24, 2.45) is 0 Å². The standard InChI is InChI=1S/C21H25ClFN3O6/c1-12(9-24-19(29)32-21(2,3)4)26-18(28)14(13-7-6-8-15(23)17(13)22)10-25(20(26)30)11-16(27)31-5/h6-8,10,12H,9,11H2,1-5H3,(H,24,29). The summed E-state index contributed by atoms with van der Waals surface area (Å²) in [7, 11) is 1.15. The molecule has 1 atom stereocenters. The number of hydrogen-bond donors (Lipinski definition) is 1. The SMILES string of the molecule is COC(=O)Cn1cc(-c2cccc(F)c2Cl)c(=O)n(C(C)CNC(=O)OC(C)(C)C)c1=O. The minimum atomic E-state index is -0.835. The molecule has 0 aliphatic heterocycles. The van der Waals surface area contributed by atoms with Crippen LogP contribution in [0.15, 0.2) is 34.0 Å². The number of halogens is 2. The number of methoxy groups -OCH3 is 1. The van der Waals surface area contributed by atoms with Crippen molar-refractivity contribution in [2.75, 3.05) is 13.7 Å². The Kier molecular flexibility index (Phi) is 7.84. The van der Waals surface area contributed by atoms with Gasteiger partial charge in [-0.25, -0.2) is 14.0 Å². The summed E-state index contributed by atoms with van der Waals surface area (Å²) in [6.07, 6.45) is 0.406. The number of carbonyl (C=O) groups is 2. The number of carbonyl (C=O) groups excluding carboxylic acids is 2. The normalized spacial score (nSPS) is 12.2. The zero-order chi connectivity index (χ0) is 24.2. The van der Waals surface area contributed by atoms with Gasteiger partial charge in [0.15, 0.2) is 0 Å². The Morgan fingerprint density at radius 1 is 1.22 bits per heavy atom. The molecule has 0 radical (unpaired) electrons. The molecule has 0 bridgehead atoms. The highest BCUT2D eigenvalue weighted by molar-refractivity contribution is 6.33. The maximum Gasteiger partial charge on any atom is 0.407 e. The molecule has 0 saturated heterocycles. The maximum atomic E-state index is 14.0. The van der Waals surface area contributed by atoms with Gasteiger partial charge in [0.1, 0.15) is 18.0 Å². The van der Waals surface area contributed by atoms with Crippen LogP contribution in [0.3, 0.4) is 0 Å². The van der Waals surface area contributed by atoms with E-state index in [0.29, 0.717) is 0 Å². The molecule has 1 N–H and O–H groups in total. The van der Waals surface area contributed by atoms with Crippen LogP contribution < -0.4 is 16.6 Å². The molecule has 0 spiro atoms. The van der Waals surface area contributed by atoms with Crippen molar-refractivity contribution in [3.05, 3.63) is 56.1 Å². The van der Waals surface area contributed by atoms with Crippen LogP contribution in [0.4, 0.5) is 9.18 Å². The van der Waals surface area contributed by atoms with Gasteiger partial charge in [-0.05, 0) is 33.8 Å². The third-order valence-electron chi connectivity index (χ3n) is 4.34. The smallest absolute Gasteiger partial charge is 0.407 e. The summed E-state index contributed by atoms with van der Waals surface area (Å²) in [6.45, 7) is 6.00. The number of ether oxygens (including phenoxy) is 2. The molecule has 2 rings (SSSR count). The number of alkyl carbamates (subject to hydrolysis) is 1. The second-order valence-electron chi connectivity index (χ2n) is 8.04. The lowest BCUT2D eigenvalue weighted by molar-refractivity contribution is -0.141. The number of rotatable bonds is 6. The Morgan fingerprint density at radius 2 is 1.88 bits per heavy atom. The zero-order valence-electron chi connectivity index (χ0n) is 18.4. The lowest BCUT2D eigenvalue weighted by Crippen LogP contribution is -2.46. The predicted molar refractivity (Wildman–Crippen MR) is 116 cm³/mol. The fraction of sp³-hybridized carbons (Fsp3) is 0.429. The Balaban J connectivity index is 2.55. The molecule has 0 fully saturated rings. The van der Waals surface area contributed by atoms with Gasteiger partial charge in [-0.1, -0.05) is 23.7 Å². The molecule has 11 heteroatoms. The van der Waals surface area contributed by atoms with Crippen LogP contribution in [0.25, 0.3) is 11.1 Å². The topological polar surface area (TPSA) is 109 Å². The van der Waals surface area contributed by atoms with Crippen molar-refractivity contribution >= 4 is 23.7 Å². The van der Waals surface area contributed by atoms with Crippen LogP contribution in [0, 0.1) is 5.82 Å². The van der Waals surface area contributed by atoms with Crippen molar-refractivity contribution in [1.29, 1.82) is 0 Å². The highest BCUT2D eigenvalue weighted by Crippen LogP contribution is 2.27. The molecule has 1 aromatic carbocycles. The summed E-state index contributed by atoms with van der Waals surface area (Å²) in [5, 5.41) is 2.19. The second-order valence-corrected chi connectivity index (χ2v) is 8.42. The fourth-order valence-corrected chi connectivity index (χ4v) is 3.09. The number of nitrogens with zero attached hydrogens (tertiary/aromatic N) is 2. The first kappa shape index (κ1) is 25.1. The Morgan fingerprint density at radius 3 is 2.47 bits per heavy atom. The maximum absolute atomic E-state index is 14.0. The monoisotopic (exact) mass is 469 g/mol. The minimum absolute atomic E-state index is 0.0522. The summed E-state index contributed by atoms with van der Waals surface area (Å²) >= 11 is 6.05. The first-order valence-corrected chi connectivity index (χ1v) is 10.1. The van der Waals surface area contributed by atoms with E-state index in [1.807, 2.05) is 0 Å². The van der Waals surface area contributed by atoms with Crippen molar-refractivity contribution in [2.45, 2.75) is 45.9 Å². The first-order chi connectivity index (χ1) is 14.9. The third-order valence-corrected chi connectivity index (χ3v) is 4.72. The van der Waals surface area contributed by atoms with Gasteiger partial charge in [0.2, 0.25) is 0 Å². The molecular formula is C21H25ClFN3O6. The zero-order valence-corrected chi connectivity index (χ0v) is 19.2. The summed E-state index contributed by atoms with van der Waals surface area (Å²) in [6, 6.07) is 3.08. The van der Waals surface area contributed by atoms with E-state index in [1.165, 1.54) is 19.1 Å². The van der Waals surface area contributed by atoms with Gasteiger partial charge < -0.3 is 14.8 Å². The quantitative estimate of drug-likeness (QED) is 0.651. The van der Waals surface area contributed by atoms with Gasteiger partial charge in [0, 0.05) is 18.3 Å². The van der Waals surface area contributed by atoms with E-state index in [4.69, 9.17) is 16.3 Å². The lowest BCUT2D eigenvalue weighted by Gasteiger charge is -2.22. The van der Waals surface area contributed by atoms with Crippen LogP contribution >= 0.6 is 11.6 Å². The van der Waals surface area contributed by atoms with Crippen LogP contribution in [0.5, 0.6) is 0 Å². The van der Waals surface area contributed by atoms with Crippen molar-refractivity contribution < 1.29 is 23.5 Å². The number of amides is 1. The molecule has 174 valence electrons. The molecule has 0 saturated carbocycles. The van der Waals surface area contributed by atoms with Crippen molar-refractivity contribution in [1.82, 2.24) is 14.5 Å². The lowest BCUT2D eigenvalue weighted by atomic mass is 10.1. The van der Waals surface area contributed by atoms with Crippen LogP contribution in [-0.2, 0) is 20.8 Å².